The number of benzene rings is 2. The van der Waals surface area contributed by atoms with E-state index in [9.17, 15) is 29.9 Å². The molecule has 0 saturated carbocycles. The third-order valence-corrected chi connectivity index (χ3v) is 4.98. The Morgan fingerprint density at radius 2 is 1.84 bits per heavy atom. The fraction of sp³-hybridized carbons (Fsp3) is 0.0909. The van der Waals surface area contributed by atoms with E-state index in [4.69, 9.17) is 4.42 Å². The second-order valence-electron chi connectivity index (χ2n) is 6.91. The maximum absolute atomic E-state index is 12.9. The molecule has 2 aromatic carbocycles. The molecular formula is C22H16N2O7. The van der Waals surface area contributed by atoms with Gasteiger partial charge in [-0.15, -0.1) is 0 Å². The van der Waals surface area contributed by atoms with Crippen LogP contribution in [-0.2, 0) is 16.1 Å². The third-order valence-electron chi connectivity index (χ3n) is 4.98. The van der Waals surface area contributed by atoms with Gasteiger partial charge in [0.2, 0.25) is 0 Å². The summed E-state index contributed by atoms with van der Waals surface area (Å²) in [6.07, 6.45) is 1.44. The Morgan fingerprint density at radius 3 is 2.45 bits per heavy atom. The summed E-state index contributed by atoms with van der Waals surface area (Å²) in [5.41, 5.74) is 0.191. The van der Waals surface area contributed by atoms with Gasteiger partial charge < -0.3 is 19.5 Å². The van der Waals surface area contributed by atoms with Crippen molar-refractivity contribution in [2.45, 2.75) is 12.6 Å². The van der Waals surface area contributed by atoms with Crippen molar-refractivity contribution < 1.29 is 29.1 Å². The van der Waals surface area contributed by atoms with Gasteiger partial charge in [0, 0.05) is 17.7 Å². The number of hydrogen-bond donors (Lipinski definition) is 2. The maximum atomic E-state index is 12.9. The summed E-state index contributed by atoms with van der Waals surface area (Å²) in [4.78, 5) is 37.3. The number of non-ortho nitro benzene ring substituents is 1. The third kappa shape index (κ3) is 3.64. The van der Waals surface area contributed by atoms with E-state index < -0.39 is 28.4 Å². The molecule has 4 rings (SSSR count). The molecule has 1 amide bonds. The van der Waals surface area contributed by atoms with Gasteiger partial charge in [0.25, 0.3) is 17.4 Å². The zero-order valence-electron chi connectivity index (χ0n) is 16.0. The Balaban J connectivity index is 1.85. The van der Waals surface area contributed by atoms with E-state index >= 15 is 0 Å². The summed E-state index contributed by atoms with van der Waals surface area (Å²) in [6.45, 7) is -0.0328. The summed E-state index contributed by atoms with van der Waals surface area (Å²) in [6, 6.07) is 13.3. The minimum Gasteiger partial charge on any atom is -0.508 e. The lowest BCUT2D eigenvalue weighted by atomic mass is 9.95. The molecule has 1 aromatic heterocycles. The minimum atomic E-state index is -0.993. The van der Waals surface area contributed by atoms with Gasteiger partial charge in [-0.3, -0.25) is 19.7 Å². The predicted molar refractivity (Wildman–Crippen MR) is 108 cm³/mol. The second-order valence-corrected chi connectivity index (χ2v) is 6.91. The molecule has 0 spiro atoms. The first-order chi connectivity index (χ1) is 14.9. The van der Waals surface area contributed by atoms with Crippen molar-refractivity contribution in [2.24, 2.45) is 0 Å². The van der Waals surface area contributed by atoms with Gasteiger partial charge in [0.05, 0.1) is 29.3 Å². The summed E-state index contributed by atoms with van der Waals surface area (Å²) in [5.74, 6) is -1.86. The Morgan fingerprint density at radius 1 is 1.10 bits per heavy atom. The van der Waals surface area contributed by atoms with E-state index in [0.29, 0.717) is 11.3 Å². The average molecular weight is 420 g/mol. The van der Waals surface area contributed by atoms with Crippen LogP contribution in [-0.4, -0.2) is 31.7 Å². The highest BCUT2D eigenvalue weighted by Crippen LogP contribution is 2.41. The number of furan rings is 1. The molecule has 3 aromatic rings. The normalized spacial score (nSPS) is 17.8. The van der Waals surface area contributed by atoms with E-state index in [0.717, 1.165) is 0 Å². The number of nitrogens with zero attached hydrogens (tertiary/aromatic N) is 2. The van der Waals surface area contributed by atoms with Crippen LogP contribution in [0.15, 0.2) is 76.9 Å². The zero-order valence-corrected chi connectivity index (χ0v) is 16.0. The molecule has 31 heavy (non-hydrogen) atoms. The lowest BCUT2D eigenvalue weighted by Crippen LogP contribution is -2.29. The number of rotatable bonds is 5. The Labute approximate surface area is 175 Å². The lowest BCUT2D eigenvalue weighted by molar-refractivity contribution is -0.384. The van der Waals surface area contributed by atoms with Gasteiger partial charge >= 0.3 is 0 Å². The topological polar surface area (TPSA) is 134 Å². The Kier molecular flexibility index (Phi) is 5.00. The second kappa shape index (κ2) is 7.79. The number of ketones is 1. The van der Waals surface area contributed by atoms with Crippen molar-refractivity contribution in [3.05, 3.63) is 99.5 Å². The van der Waals surface area contributed by atoms with Gasteiger partial charge in [-0.25, -0.2) is 0 Å². The van der Waals surface area contributed by atoms with Gasteiger partial charge in [0.15, 0.2) is 0 Å². The van der Waals surface area contributed by atoms with Crippen molar-refractivity contribution in [3.63, 3.8) is 0 Å². The number of likely N-dealkylation sites (tertiary alicyclic amines) is 1. The van der Waals surface area contributed by atoms with Crippen molar-refractivity contribution in [1.82, 2.24) is 4.90 Å². The predicted octanol–water partition coefficient (Wildman–Crippen LogP) is 3.52. The Bertz CT molecular complexity index is 1200. The van der Waals surface area contributed by atoms with Crippen LogP contribution in [0.5, 0.6) is 5.75 Å². The van der Waals surface area contributed by atoms with Gasteiger partial charge in [-0.2, -0.15) is 0 Å². The molecule has 1 fully saturated rings. The standard InChI is InChI=1S/C22H16N2O7/c25-16-4-1-3-14(11-16)19-18(20(26)13-6-8-15(9-7-13)24(29)30)21(27)22(28)23(19)12-17-5-2-10-31-17/h1-11,19,25-26H,12H2/b20-18-. The summed E-state index contributed by atoms with van der Waals surface area (Å²) in [7, 11) is 0. The van der Waals surface area contributed by atoms with Crippen LogP contribution in [0.4, 0.5) is 5.69 Å². The monoisotopic (exact) mass is 420 g/mol. The van der Waals surface area contributed by atoms with Crippen molar-refractivity contribution >= 4 is 23.1 Å². The number of aliphatic hydroxyl groups is 1. The maximum Gasteiger partial charge on any atom is 0.296 e. The molecule has 2 N–H and O–H groups in total. The first kappa shape index (κ1) is 19.9. The molecule has 1 aliphatic heterocycles. The van der Waals surface area contributed by atoms with Crippen molar-refractivity contribution in [3.8, 4) is 5.75 Å². The fourth-order valence-electron chi connectivity index (χ4n) is 3.55. The minimum absolute atomic E-state index is 0.0328. The van der Waals surface area contributed by atoms with Crippen molar-refractivity contribution in [2.75, 3.05) is 0 Å². The van der Waals surface area contributed by atoms with Crippen LogP contribution in [0.2, 0.25) is 0 Å². The molecule has 1 unspecified atom stereocenters. The molecular weight excluding hydrogens is 404 g/mol. The molecule has 1 saturated heterocycles. The first-order valence-corrected chi connectivity index (χ1v) is 9.21. The molecule has 1 atom stereocenters. The molecule has 2 heterocycles. The average Bonchev–Trinajstić information content (AvgIpc) is 3.36. The fourth-order valence-corrected chi connectivity index (χ4v) is 3.55. The van der Waals surface area contributed by atoms with Gasteiger partial charge in [-0.1, -0.05) is 12.1 Å². The quantitative estimate of drug-likeness (QED) is 0.212. The number of carbonyl (C=O) groups excluding carboxylic acids is 2. The van der Waals surface area contributed by atoms with E-state index in [-0.39, 0.29) is 29.1 Å². The van der Waals surface area contributed by atoms with E-state index in [1.165, 1.54) is 47.6 Å². The molecule has 9 heteroatoms. The highest BCUT2D eigenvalue weighted by molar-refractivity contribution is 6.46. The number of amides is 1. The number of carbonyl (C=O) groups is 2. The summed E-state index contributed by atoms with van der Waals surface area (Å²) in [5, 5.41) is 31.7. The molecule has 9 nitrogen and oxygen atoms in total. The molecule has 1 aliphatic rings. The highest BCUT2D eigenvalue weighted by Gasteiger charge is 2.46. The van der Waals surface area contributed by atoms with Crippen LogP contribution in [0, 0.1) is 10.1 Å². The van der Waals surface area contributed by atoms with Crippen molar-refractivity contribution in [1.29, 1.82) is 0 Å². The SMILES string of the molecule is O=C1C(=O)N(Cc2ccco2)C(c2cccc(O)c2)/C1=C(/O)c1ccc([N+](=O)[O-])cc1. The number of Topliss-reactive ketones (excluding diaryl/α,β-unsaturated/α-hetero) is 1. The van der Waals surface area contributed by atoms with Crippen LogP contribution in [0.1, 0.15) is 22.9 Å². The Hall–Kier alpha value is -4.40. The summed E-state index contributed by atoms with van der Waals surface area (Å²) < 4.78 is 5.31. The lowest BCUT2D eigenvalue weighted by Gasteiger charge is -2.24. The largest absolute Gasteiger partial charge is 0.508 e. The number of phenols is 1. The number of aliphatic hydroxyl groups excluding tert-OH is 1. The van der Waals surface area contributed by atoms with Crippen LogP contribution >= 0.6 is 0 Å². The van der Waals surface area contributed by atoms with Gasteiger partial charge in [-0.05, 0) is 42.0 Å². The molecule has 0 bridgehead atoms. The number of aromatic hydroxyl groups is 1. The highest BCUT2D eigenvalue weighted by atomic mass is 16.6. The van der Waals surface area contributed by atoms with Gasteiger partial charge in [0.1, 0.15) is 17.3 Å². The number of hydrogen-bond acceptors (Lipinski definition) is 7. The molecule has 0 radical (unpaired) electrons. The summed E-state index contributed by atoms with van der Waals surface area (Å²) >= 11 is 0. The first-order valence-electron chi connectivity index (χ1n) is 9.21. The molecule has 0 aliphatic carbocycles. The van der Waals surface area contributed by atoms with E-state index in [2.05, 4.69) is 0 Å². The van der Waals surface area contributed by atoms with E-state index in [1.807, 2.05) is 0 Å². The number of nitro groups is 1. The number of phenolic OH excluding ortho intramolecular Hbond substituents is 1. The van der Waals surface area contributed by atoms with Crippen LogP contribution in [0.25, 0.3) is 5.76 Å². The van der Waals surface area contributed by atoms with E-state index in [1.54, 1.807) is 24.3 Å². The zero-order chi connectivity index (χ0) is 22.1. The molecule has 156 valence electrons. The van der Waals surface area contributed by atoms with Crippen LogP contribution < -0.4 is 0 Å². The number of nitro benzene ring substituents is 1. The van der Waals surface area contributed by atoms with Crippen LogP contribution in [0.3, 0.4) is 0 Å². The smallest absolute Gasteiger partial charge is 0.296 e.